The van der Waals surface area contributed by atoms with Crippen molar-refractivity contribution in [1.82, 2.24) is 9.21 Å². The molecule has 1 saturated heterocycles. The number of anilines is 1. The van der Waals surface area contributed by atoms with Gasteiger partial charge in [-0.15, -0.1) is 11.3 Å². The number of ether oxygens (including phenoxy) is 1. The molecular formula is C23H31N3O4S2. The number of thiophene rings is 1. The zero-order valence-electron chi connectivity index (χ0n) is 18.7. The van der Waals surface area contributed by atoms with Crippen LogP contribution in [-0.2, 0) is 27.8 Å². The third-order valence-electron chi connectivity index (χ3n) is 5.86. The molecule has 9 heteroatoms. The molecule has 0 radical (unpaired) electrons. The molecule has 2 aromatic rings. The molecule has 1 aromatic heterocycles. The van der Waals surface area contributed by atoms with E-state index in [1.165, 1.54) is 10.4 Å². The molecule has 4 rings (SSSR count). The molecule has 2 aliphatic rings. The maximum atomic E-state index is 13.1. The molecule has 0 atom stereocenters. The molecule has 0 bridgehead atoms. The average molecular weight is 478 g/mol. The van der Waals surface area contributed by atoms with Crippen molar-refractivity contribution in [1.29, 1.82) is 0 Å². The summed E-state index contributed by atoms with van der Waals surface area (Å²) < 4.78 is 33.7. The largest absolute Gasteiger partial charge is 0.489 e. The van der Waals surface area contributed by atoms with Gasteiger partial charge in [0.1, 0.15) is 5.75 Å². The van der Waals surface area contributed by atoms with Crippen molar-refractivity contribution < 1.29 is 17.9 Å². The zero-order chi connectivity index (χ0) is 22.7. The second kappa shape index (κ2) is 9.80. The van der Waals surface area contributed by atoms with Crippen molar-refractivity contribution in [3.05, 3.63) is 40.1 Å². The van der Waals surface area contributed by atoms with Crippen LogP contribution >= 0.6 is 11.3 Å². The molecule has 1 N–H and O–H groups in total. The summed E-state index contributed by atoms with van der Waals surface area (Å²) in [4.78, 5) is 16.3. The molecule has 7 nitrogen and oxygen atoms in total. The SMILES string of the molecule is CC(C)Oc1ccc(S(=O)(=O)N2CCCCC2)cc1NCC(=O)N1CCc2sccc2C1. The fraction of sp³-hybridized carbons (Fsp3) is 0.522. The molecule has 0 saturated carbocycles. The fourth-order valence-electron chi connectivity index (χ4n) is 4.16. The highest BCUT2D eigenvalue weighted by Gasteiger charge is 2.27. The maximum absolute atomic E-state index is 13.1. The molecule has 1 fully saturated rings. The topological polar surface area (TPSA) is 79.0 Å². The standard InChI is InChI=1S/C23H31N3O4S2/c1-17(2)30-21-7-6-19(32(28,29)26-10-4-3-5-11-26)14-20(21)24-15-23(27)25-12-8-22-18(16-25)9-13-31-22/h6-7,9,13-14,17,24H,3-5,8,10-12,15-16H2,1-2H3. The summed E-state index contributed by atoms with van der Waals surface area (Å²) in [5.41, 5.74) is 1.74. The Morgan fingerprint density at radius 2 is 1.94 bits per heavy atom. The Bertz CT molecular complexity index is 1060. The lowest BCUT2D eigenvalue weighted by Gasteiger charge is -2.28. The number of hydrogen-bond donors (Lipinski definition) is 1. The van der Waals surface area contributed by atoms with Gasteiger partial charge in [0.15, 0.2) is 0 Å². The average Bonchev–Trinajstić information content (AvgIpc) is 3.26. The van der Waals surface area contributed by atoms with Crippen LogP contribution in [0.15, 0.2) is 34.5 Å². The first-order chi connectivity index (χ1) is 15.3. The molecule has 0 aliphatic carbocycles. The van der Waals surface area contributed by atoms with Gasteiger partial charge in [0, 0.05) is 31.1 Å². The molecule has 0 unspecified atom stereocenters. The quantitative estimate of drug-likeness (QED) is 0.658. The molecular weight excluding hydrogens is 446 g/mol. The van der Waals surface area contributed by atoms with Gasteiger partial charge >= 0.3 is 0 Å². The molecule has 0 spiro atoms. The first-order valence-electron chi connectivity index (χ1n) is 11.2. The minimum absolute atomic E-state index is 0.0124. The normalized spacial score (nSPS) is 17.3. The number of carbonyl (C=O) groups is 1. The maximum Gasteiger partial charge on any atom is 0.243 e. The van der Waals surface area contributed by atoms with Crippen molar-refractivity contribution in [2.45, 2.75) is 57.1 Å². The van der Waals surface area contributed by atoms with Gasteiger partial charge in [0.05, 0.1) is 23.2 Å². The Kier molecular flexibility index (Phi) is 7.07. The van der Waals surface area contributed by atoms with E-state index in [0.29, 0.717) is 37.6 Å². The highest BCUT2D eigenvalue weighted by atomic mass is 32.2. The number of hydrogen-bond acceptors (Lipinski definition) is 6. The van der Waals surface area contributed by atoms with Gasteiger partial charge in [0.25, 0.3) is 0 Å². The summed E-state index contributed by atoms with van der Waals surface area (Å²) in [6.07, 6.45) is 3.63. The van der Waals surface area contributed by atoms with Crippen LogP contribution in [0.4, 0.5) is 5.69 Å². The number of benzene rings is 1. The van der Waals surface area contributed by atoms with Crippen LogP contribution in [0, 0.1) is 0 Å². The van der Waals surface area contributed by atoms with E-state index in [-0.39, 0.29) is 23.5 Å². The number of sulfonamides is 1. The van der Waals surface area contributed by atoms with Crippen LogP contribution in [0.5, 0.6) is 5.75 Å². The van der Waals surface area contributed by atoms with E-state index in [4.69, 9.17) is 4.74 Å². The lowest BCUT2D eigenvalue weighted by molar-refractivity contribution is -0.130. The summed E-state index contributed by atoms with van der Waals surface area (Å²) in [6, 6.07) is 6.96. The summed E-state index contributed by atoms with van der Waals surface area (Å²) in [5, 5.41) is 5.22. The Balaban J connectivity index is 1.50. The molecule has 32 heavy (non-hydrogen) atoms. The lowest BCUT2D eigenvalue weighted by Crippen LogP contribution is -2.39. The predicted octanol–water partition coefficient (Wildman–Crippen LogP) is 3.71. The molecule has 174 valence electrons. The fourth-order valence-corrected chi connectivity index (χ4v) is 6.60. The molecule has 1 aromatic carbocycles. The number of amides is 1. The van der Waals surface area contributed by atoms with Crippen LogP contribution in [0.3, 0.4) is 0 Å². The van der Waals surface area contributed by atoms with Crippen LogP contribution < -0.4 is 10.1 Å². The Morgan fingerprint density at radius 3 is 2.69 bits per heavy atom. The van der Waals surface area contributed by atoms with Crippen LogP contribution in [-0.4, -0.2) is 55.8 Å². The smallest absolute Gasteiger partial charge is 0.243 e. The highest BCUT2D eigenvalue weighted by Crippen LogP contribution is 2.31. The number of piperidine rings is 1. The van der Waals surface area contributed by atoms with E-state index in [9.17, 15) is 13.2 Å². The van der Waals surface area contributed by atoms with E-state index in [2.05, 4.69) is 16.8 Å². The Hall–Kier alpha value is -2.10. The summed E-state index contributed by atoms with van der Waals surface area (Å²) >= 11 is 1.74. The van der Waals surface area contributed by atoms with Crippen LogP contribution in [0.1, 0.15) is 43.6 Å². The molecule has 1 amide bonds. The number of nitrogens with zero attached hydrogens (tertiary/aromatic N) is 2. The minimum atomic E-state index is -3.57. The Labute approximate surface area is 194 Å². The van der Waals surface area contributed by atoms with E-state index in [1.807, 2.05) is 18.7 Å². The highest BCUT2D eigenvalue weighted by molar-refractivity contribution is 7.89. The van der Waals surface area contributed by atoms with Crippen molar-refractivity contribution >= 4 is 33.0 Å². The minimum Gasteiger partial charge on any atom is -0.489 e. The van der Waals surface area contributed by atoms with Gasteiger partial charge in [0.2, 0.25) is 15.9 Å². The van der Waals surface area contributed by atoms with Crippen LogP contribution in [0.25, 0.3) is 0 Å². The van der Waals surface area contributed by atoms with Gasteiger partial charge in [-0.25, -0.2) is 8.42 Å². The van der Waals surface area contributed by atoms with E-state index >= 15 is 0 Å². The first-order valence-corrected chi connectivity index (χ1v) is 13.5. The Morgan fingerprint density at radius 1 is 1.16 bits per heavy atom. The molecule has 3 heterocycles. The number of fused-ring (bicyclic) bond motifs is 1. The number of nitrogens with one attached hydrogen (secondary N) is 1. The third kappa shape index (κ3) is 5.10. The second-order valence-electron chi connectivity index (χ2n) is 8.58. The summed E-state index contributed by atoms with van der Waals surface area (Å²) in [7, 11) is -3.57. The van der Waals surface area contributed by atoms with Crippen molar-refractivity contribution in [3.63, 3.8) is 0 Å². The van der Waals surface area contributed by atoms with Gasteiger partial charge in [-0.05, 0) is 68.3 Å². The van der Waals surface area contributed by atoms with Gasteiger partial charge in [-0.3, -0.25) is 4.79 Å². The van der Waals surface area contributed by atoms with Crippen molar-refractivity contribution in [3.8, 4) is 5.75 Å². The zero-order valence-corrected chi connectivity index (χ0v) is 20.3. The monoisotopic (exact) mass is 477 g/mol. The summed E-state index contributed by atoms with van der Waals surface area (Å²) in [6.45, 7) is 6.34. The first kappa shape index (κ1) is 23.1. The number of rotatable bonds is 7. The van der Waals surface area contributed by atoms with Crippen molar-refractivity contribution in [2.75, 3.05) is 31.5 Å². The van der Waals surface area contributed by atoms with Crippen LogP contribution in [0.2, 0.25) is 0 Å². The van der Waals surface area contributed by atoms with Gasteiger partial charge in [-0.2, -0.15) is 4.31 Å². The van der Waals surface area contributed by atoms with Gasteiger partial charge in [-0.1, -0.05) is 6.42 Å². The van der Waals surface area contributed by atoms with E-state index in [1.54, 1.807) is 33.8 Å². The van der Waals surface area contributed by atoms with Crippen molar-refractivity contribution in [2.24, 2.45) is 0 Å². The second-order valence-corrected chi connectivity index (χ2v) is 11.5. The molecule has 2 aliphatic heterocycles. The lowest BCUT2D eigenvalue weighted by atomic mass is 10.1. The third-order valence-corrected chi connectivity index (χ3v) is 8.77. The number of carbonyl (C=O) groups excluding carboxylic acids is 1. The van der Waals surface area contributed by atoms with E-state index in [0.717, 1.165) is 25.7 Å². The summed E-state index contributed by atoms with van der Waals surface area (Å²) in [5.74, 6) is 0.533. The van der Waals surface area contributed by atoms with Gasteiger partial charge < -0.3 is 15.0 Å². The van der Waals surface area contributed by atoms with E-state index < -0.39 is 10.0 Å². The predicted molar refractivity (Wildman–Crippen MR) is 127 cm³/mol.